The van der Waals surface area contributed by atoms with Crippen molar-refractivity contribution in [3.63, 3.8) is 0 Å². The number of nitrogens with one attached hydrogen (secondary N) is 1. The maximum absolute atomic E-state index is 6.04. The molecule has 1 aromatic carbocycles. The Morgan fingerprint density at radius 3 is 2.81 bits per heavy atom. The van der Waals surface area contributed by atoms with Crippen molar-refractivity contribution in [2.24, 2.45) is 5.92 Å². The Kier molecular flexibility index (Phi) is 4.36. The van der Waals surface area contributed by atoms with E-state index in [1.165, 1.54) is 12.8 Å². The highest BCUT2D eigenvalue weighted by molar-refractivity contribution is 5.21. The second kappa shape index (κ2) is 6.98. The molecule has 0 spiro atoms. The number of para-hydroxylation sites is 1. The van der Waals surface area contributed by atoms with Crippen LogP contribution < -0.4 is 10.1 Å². The van der Waals surface area contributed by atoms with Crippen molar-refractivity contribution in [2.45, 2.75) is 43.7 Å². The van der Waals surface area contributed by atoms with Gasteiger partial charge in [-0.25, -0.2) is 4.68 Å². The normalized spacial score (nSPS) is 30.5. The summed E-state index contributed by atoms with van der Waals surface area (Å²) in [7, 11) is 0. The molecule has 2 aliphatic heterocycles. The van der Waals surface area contributed by atoms with E-state index in [0.29, 0.717) is 19.8 Å². The van der Waals surface area contributed by atoms with E-state index in [9.17, 15) is 0 Å². The highest BCUT2D eigenvalue weighted by Crippen LogP contribution is 2.35. The molecule has 4 unspecified atom stereocenters. The molecule has 1 aromatic heterocycles. The minimum Gasteiger partial charge on any atom is -0.487 e. The van der Waals surface area contributed by atoms with Gasteiger partial charge >= 0.3 is 0 Å². The molecule has 3 fully saturated rings. The van der Waals surface area contributed by atoms with Crippen molar-refractivity contribution in [1.29, 1.82) is 0 Å². The maximum Gasteiger partial charge on any atom is 0.134 e. The van der Waals surface area contributed by atoms with E-state index < -0.39 is 0 Å². The predicted molar refractivity (Wildman–Crippen MR) is 93.8 cm³/mol. The quantitative estimate of drug-likeness (QED) is 0.812. The number of hydrogen-bond donors (Lipinski definition) is 1. The zero-order valence-corrected chi connectivity index (χ0v) is 14.7. The van der Waals surface area contributed by atoms with Crippen LogP contribution in [0.5, 0.6) is 5.75 Å². The van der Waals surface area contributed by atoms with Gasteiger partial charge in [-0.05, 0) is 37.4 Å². The summed E-state index contributed by atoms with van der Waals surface area (Å²) < 4.78 is 19.7. The van der Waals surface area contributed by atoms with Gasteiger partial charge in [-0.3, -0.25) is 0 Å². The lowest BCUT2D eigenvalue weighted by Crippen LogP contribution is -2.41. The topological polar surface area (TPSA) is 70.4 Å². The van der Waals surface area contributed by atoms with Gasteiger partial charge in [-0.15, -0.1) is 5.10 Å². The summed E-state index contributed by atoms with van der Waals surface area (Å²) in [5.74, 6) is 1.68. The average Bonchev–Trinajstić information content (AvgIpc) is 3.07. The Hall–Kier alpha value is -1.96. The molecule has 1 aliphatic carbocycles. The second-order valence-electron chi connectivity index (χ2n) is 7.41. The van der Waals surface area contributed by atoms with Crippen molar-refractivity contribution in [2.75, 3.05) is 19.8 Å². The average molecular weight is 356 g/mol. The van der Waals surface area contributed by atoms with E-state index in [1.54, 1.807) is 0 Å². The fourth-order valence-corrected chi connectivity index (χ4v) is 3.74. The van der Waals surface area contributed by atoms with Crippen LogP contribution in [0.4, 0.5) is 0 Å². The fourth-order valence-electron chi connectivity index (χ4n) is 3.74. The molecule has 7 nitrogen and oxygen atoms in total. The Morgan fingerprint density at radius 1 is 1.12 bits per heavy atom. The van der Waals surface area contributed by atoms with Crippen LogP contribution in [0.1, 0.15) is 24.6 Å². The van der Waals surface area contributed by atoms with Crippen molar-refractivity contribution in [3.8, 4) is 5.75 Å². The third-order valence-corrected chi connectivity index (χ3v) is 5.42. The third-order valence-electron chi connectivity index (χ3n) is 5.42. The monoisotopic (exact) mass is 356 g/mol. The van der Waals surface area contributed by atoms with Crippen molar-refractivity contribution in [3.05, 3.63) is 42.2 Å². The van der Waals surface area contributed by atoms with E-state index >= 15 is 0 Å². The van der Waals surface area contributed by atoms with E-state index in [2.05, 4.69) is 15.6 Å². The number of rotatable bonds is 7. The molecule has 0 radical (unpaired) electrons. The van der Waals surface area contributed by atoms with Crippen LogP contribution in [-0.2, 0) is 16.1 Å². The molecule has 138 valence electrons. The molecule has 2 saturated heterocycles. The first-order valence-corrected chi connectivity index (χ1v) is 9.42. The van der Waals surface area contributed by atoms with Crippen LogP contribution in [0, 0.1) is 5.92 Å². The number of ether oxygens (including phenoxy) is 3. The van der Waals surface area contributed by atoms with Crippen molar-refractivity contribution in [1.82, 2.24) is 20.3 Å². The van der Waals surface area contributed by atoms with Gasteiger partial charge in [0.05, 0.1) is 25.5 Å². The summed E-state index contributed by atoms with van der Waals surface area (Å²) in [5, 5.41) is 12.1. The Bertz CT molecular complexity index is 733. The standard InChI is InChI=1S/C19H24N4O3/c1-2-4-15(5-3-1)24-10-14-9-23(22-21-14)17-12-26-18-16(11-25-19(17)18)20-8-13-6-7-13/h1-5,9,13,16-20H,6-8,10-12H2. The molecule has 1 saturated carbocycles. The lowest BCUT2D eigenvalue weighted by Gasteiger charge is -2.17. The zero-order chi connectivity index (χ0) is 17.3. The molecule has 26 heavy (non-hydrogen) atoms. The van der Waals surface area contributed by atoms with Crippen LogP contribution in [-0.4, -0.2) is 53.0 Å². The Balaban J connectivity index is 1.19. The molecule has 7 heteroatoms. The molecule has 0 bridgehead atoms. The van der Waals surface area contributed by atoms with Gasteiger partial charge in [0.15, 0.2) is 0 Å². The molecule has 1 N–H and O–H groups in total. The third kappa shape index (κ3) is 3.34. The first-order chi connectivity index (χ1) is 12.9. The van der Waals surface area contributed by atoms with E-state index in [1.807, 2.05) is 41.2 Å². The highest BCUT2D eigenvalue weighted by atomic mass is 16.6. The van der Waals surface area contributed by atoms with Crippen LogP contribution in [0.25, 0.3) is 0 Å². The summed E-state index contributed by atoms with van der Waals surface area (Å²) in [5.41, 5.74) is 0.804. The molecular weight excluding hydrogens is 332 g/mol. The van der Waals surface area contributed by atoms with Gasteiger partial charge in [0, 0.05) is 0 Å². The largest absolute Gasteiger partial charge is 0.487 e. The van der Waals surface area contributed by atoms with E-state index in [0.717, 1.165) is 23.9 Å². The Morgan fingerprint density at radius 2 is 1.96 bits per heavy atom. The lowest BCUT2D eigenvalue weighted by molar-refractivity contribution is 0.0620. The summed E-state index contributed by atoms with van der Waals surface area (Å²) in [6.07, 6.45) is 4.78. The second-order valence-corrected chi connectivity index (χ2v) is 7.41. The molecule has 2 aromatic rings. The molecule has 0 amide bonds. The van der Waals surface area contributed by atoms with Gasteiger partial charge in [0.2, 0.25) is 0 Å². The molecule has 3 aliphatic rings. The molecular formula is C19H24N4O3. The van der Waals surface area contributed by atoms with E-state index in [-0.39, 0.29) is 24.3 Å². The van der Waals surface area contributed by atoms with Crippen molar-refractivity contribution >= 4 is 0 Å². The molecule has 5 rings (SSSR count). The summed E-state index contributed by atoms with van der Waals surface area (Å²) in [6.45, 7) is 2.80. The number of aromatic nitrogens is 3. The fraction of sp³-hybridized carbons (Fsp3) is 0.579. The van der Waals surface area contributed by atoms with Gasteiger partial charge in [-0.1, -0.05) is 23.4 Å². The van der Waals surface area contributed by atoms with Crippen LogP contribution in [0.2, 0.25) is 0 Å². The van der Waals surface area contributed by atoms with Crippen LogP contribution in [0.15, 0.2) is 36.5 Å². The minimum absolute atomic E-state index is 0.0382. The summed E-state index contributed by atoms with van der Waals surface area (Å²) >= 11 is 0. The SMILES string of the molecule is c1ccc(OCc2cn(C3COC4C(NCC5CC5)COC43)nn2)cc1. The highest BCUT2D eigenvalue weighted by Gasteiger charge is 2.49. The van der Waals surface area contributed by atoms with E-state index in [4.69, 9.17) is 14.2 Å². The van der Waals surface area contributed by atoms with Gasteiger partial charge in [0.1, 0.15) is 36.3 Å². The van der Waals surface area contributed by atoms with Crippen molar-refractivity contribution < 1.29 is 14.2 Å². The lowest BCUT2D eigenvalue weighted by atomic mass is 10.1. The number of nitrogens with zero attached hydrogens (tertiary/aromatic N) is 3. The summed E-state index contributed by atoms with van der Waals surface area (Å²) in [6, 6.07) is 10.1. The first kappa shape index (κ1) is 16.2. The first-order valence-electron chi connectivity index (χ1n) is 9.42. The van der Waals surface area contributed by atoms with Crippen LogP contribution in [0.3, 0.4) is 0 Å². The summed E-state index contributed by atoms with van der Waals surface area (Å²) in [4.78, 5) is 0. The smallest absolute Gasteiger partial charge is 0.134 e. The Labute approximate surface area is 152 Å². The molecule has 3 heterocycles. The predicted octanol–water partition coefficient (Wildman–Crippen LogP) is 1.56. The van der Waals surface area contributed by atoms with Gasteiger partial charge < -0.3 is 19.5 Å². The maximum atomic E-state index is 6.04. The molecule has 4 atom stereocenters. The number of hydrogen-bond acceptors (Lipinski definition) is 6. The van der Waals surface area contributed by atoms with Gasteiger partial charge in [0.25, 0.3) is 0 Å². The van der Waals surface area contributed by atoms with Crippen LogP contribution >= 0.6 is 0 Å². The van der Waals surface area contributed by atoms with Gasteiger partial charge in [-0.2, -0.15) is 0 Å². The number of benzene rings is 1. The zero-order valence-electron chi connectivity index (χ0n) is 14.7. The number of fused-ring (bicyclic) bond motifs is 1. The minimum atomic E-state index is 0.0382.